The van der Waals surface area contributed by atoms with E-state index in [0.29, 0.717) is 30.6 Å². The summed E-state index contributed by atoms with van der Waals surface area (Å²) in [6.07, 6.45) is 2.25. The number of fused-ring (bicyclic) bond motifs is 1. The monoisotopic (exact) mass is 549 g/mol. The molecule has 1 aromatic heterocycles. The molecule has 0 aliphatic carbocycles. The van der Waals surface area contributed by atoms with Crippen molar-refractivity contribution in [1.29, 1.82) is 0 Å². The number of carbonyl (C=O) groups excluding carboxylic acids is 3. The topological polar surface area (TPSA) is 128 Å². The van der Waals surface area contributed by atoms with Crippen molar-refractivity contribution in [3.05, 3.63) is 45.8 Å². The first-order chi connectivity index (χ1) is 17.5. The molecule has 0 fully saturated rings. The van der Waals surface area contributed by atoms with Crippen molar-refractivity contribution in [2.75, 3.05) is 32.5 Å². The number of anilines is 1. The molecule has 0 saturated heterocycles. The second-order valence-corrected chi connectivity index (χ2v) is 12.4. The summed E-state index contributed by atoms with van der Waals surface area (Å²) in [6.45, 7) is 8.02. The van der Waals surface area contributed by atoms with Crippen LogP contribution < -0.4 is 16.0 Å². The van der Waals surface area contributed by atoms with Crippen molar-refractivity contribution in [2.24, 2.45) is 0 Å². The molecule has 202 valence electrons. The Labute approximate surface area is 222 Å². The van der Waals surface area contributed by atoms with Crippen molar-refractivity contribution < 1.29 is 22.8 Å². The van der Waals surface area contributed by atoms with E-state index in [2.05, 4.69) is 34.7 Å². The molecule has 1 aromatic carbocycles. The zero-order chi connectivity index (χ0) is 27.3. The Bertz CT molecular complexity index is 1260. The maximum absolute atomic E-state index is 13.1. The second-order valence-electron chi connectivity index (χ2n) is 9.21. The lowest BCUT2D eigenvalue weighted by Crippen LogP contribution is -2.39. The number of nitrogens with zero attached hydrogens (tertiary/aromatic N) is 2. The lowest BCUT2D eigenvalue weighted by atomic mass is 10.0. The molecule has 0 saturated carbocycles. The Hall–Kier alpha value is -2.80. The highest BCUT2D eigenvalue weighted by Crippen LogP contribution is 2.38. The van der Waals surface area contributed by atoms with Crippen molar-refractivity contribution in [3.8, 4) is 0 Å². The van der Waals surface area contributed by atoms with Crippen molar-refractivity contribution in [3.63, 3.8) is 0 Å². The van der Waals surface area contributed by atoms with Crippen LogP contribution in [0.25, 0.3) is 0 Å². The predicted octanol–water partition coefficient (Wildman–Crippen LogP) is 3.26. The highest BCUT2D eigenvalue weighted by molar-refractivity contribution is 7.89. The molecule has 3 N–H and O–H groups in total. The number of urea groups is 1. The van der Waals surface area contributed by atoms with Gasteiger partial charge in [0.2, 0.25) is 10.0 Å². The van der Waals surface area contributed by atoms with Gasteiger partial charge in [-0.25, -0.2) is 17.5 Å². The smallest absolute Gasteiger partial charge is 0.321 e. The van der Waals surface area contributed by atoms with E-state index in [1.54, 1.807) is 0 Å². The summed E-state index contributed by atoms with van der Waals surface area (Å²) in [7, 11) is -0.696. The molecule has 2 heterocycles. The maximum Gasteiger partial charge on any atom is 0.321 e. The maximum atomic E-state index is 13.1. The van der Waals surface area contributed by atoms with Crippen molar-refractivity contribution in [1.82, 2.24) is 19.8 Å². The summed E-state index contributed by atoms with van der Waals surface area (Å²) in [6, 6.07) is 5.41. The van der Waals surface area contributed by atoms with Gasteiger partial charge in [0, 0.05) is 50.2 Å². The van der Waals surface area contributed by atoms with Crippen molar-refractivity contribution in [2.45, 2.75) is 57.5 Å². The van der Waals surface area contributed by atoms with Gasteiger partial charge in [-0.05, 0) is 56.5 Å². The van der Waals surface area contributed by atoms with Gasteiger partial charge >= 0.3 is 6.03 Å². The highest BCUT2D eigenvalue weighted by Gasteiger charge is 2.30. The molecule has 12 heteroatoms. The van der Waals surface area contributed by atoms with E-state index >= 15 is 0 Å². The first-order valence-electron chi connectivity index (χ1n) is 12.3. The number of imide groups is 1. The van der Waals surface area contributed by atoms with E-state index in [1.807, 2.05) is 6.92 Å². The van der Waals surface area contributed by atoms with Crippen LogP contribution in [0.4, 0.5) is 9.80 Å². The van der Waals surface area contributed by atoms with E-state index in [-0.39, 0.29) is 16.0 Å². The van der Waals surface area contributed by atoms with Gasteiger partial charge in [-0.15, -0.1) is 11.3 Å². The zero-order valence-corrected chi connectivity index (χ0v) is 23.5. The number of hydrogen-bond acceptors (Lipinski definition) is 7. The number of rotatable bonds is 9. The third-order valence-electron chi connectivity index (χ3n) is 6.38. The molecule has 0 bridgehead atoms. The minimum Gasteiger partial charge on any atom is -0.341 e. The summed E-state index contributed by atoms with van der Waals surface area (Å²) in [5, 5.41) is 7.84. The minimum atomic E-state index is -3.65. The Kier molecular flexibility index (Phi) is 9.46. The molecule has 0 unspecified atom stereocenters. The van der Waals surface area contributed by atoms with Crippen LogP contribution in [0.1, 0.15) is 64.8 Å². The third-order valence-corrected chi connectivity index (χ3v) is 9.38. The van der Waals surface area contributed by atoms with Gasteiger partial charge in [-0.1, -0.05) is 13.3 Å². The van der Waals surface area contributed by atoms with Gasteiger partial charge in [-0.2, -0.15) is 0 Å². The highest BCUT2D eigenvalue weighted by atomic mass is 32.2. The summed E-state index contributed by atoms with van der Waals surface area (Å²) >= 11 is 1.32. The van der Waals surface area contributed by atoms with Gasteiger partial charge in [0.25, 0.3) is 11.8 Å². The molecule has 4 amide bonds. The molecule has 0 atom stereocenters. The number of carbonyl (C=O) groups is 3. The fraction of sp³-hybridized carbons (Fsp3) is 0.480. The largest absolute Gasteiger partial charge is 0.341 e. The van der Waals surface area contributed by atoms with Crippen LogP contribution in [0.2, 0.25) is 0 Å². The Morgan fingerprint density at radius 2 is 1.81 bits per heavy atom. The Morgan fingerprint density at radius 1 is 1.14 bits per heavy atom. The lowest BCUT2D eigenvalue weighted by molar-refractivity contribution is 0.0963. The van der Waals surface area contributed by atoms with Crippen LogP contribution in [-0.4, -0.2) is 68.7 Å². The van der Waals surface area contributed by atoms with Gasteiger partial charge in [-0.3, -0.25) is 19.8 Å². The third kappa shape index (κ3) is 6.56. The molecule has 2 aromatic rings. The van der Waals surface area contributed by atoms with Gasteiger partial charge in [0.1, 0.15) is 5.00 Å². The van der Waals surface area contributed by atoms with Crippen LogP contribution in [0, 0.1) is 0 Å². The molecule has 3 rings (SSSR count). The molecular weight excluding hydrogens is 514 g/mol. The minimum absolute atomic E-state index is 0.105. The normalized spacial score (nSPS) is 13.9. The molecule has 0 radical (unpaired) electrons. The zero-order valence-electron chi connectivity index (χ0n) is 21.9. The van der Waals surface area contributed by atoms with E-state index in [0.717, 1.165) is 29.8 Å². The van der Waals surface area contributed by atoms with Crippen LogP contribution >= 0.6 is 11.3 Å². The Morgan fingerprint density at radius 3 is 2.41 bits per heavy atom. The lowest BCUT2D eigenvalue weighted by Gasteiger charge is -2.30. The Balaban J connectivity index is 1.86. The van der Waals surface area contributed by atoms with Crippen LogP contribution in [0.15, 0.2) is 29.2 Å². The fourth-order valence-corrected chi connectivity index (χ4v) is 6.53. The van der Waals surface area contributed by atoms with Crippen molar-refractivity contribution >= 4 is 44.2 Å². The first-order valence-corrected chi connectivity index (χ1v) is 14.5. The second kappa shape index (κ2) is 12.2. The summed E-state index contributed by atoms with van der Waals surface area (Å²) < 4.78 is 26.9. The first kappa shape index (κ1) is 28.8. The predicted molar refractivity (Wildman–Crippen MR) is 145 cm³/mol. The number of nitrogens with one attached hydrogen (secondary N) is 3. The van der Waals surface area contributed by atoms with E-state index in [4.69, 9.17) is 0 Å². The molecule has 1 aliphatic rings. The fourth-order valence-electron chi connectivity index (χ4n) is 4.05. The average molecular weight is 550 g/mol. The molecule has 10 nitrogen and oxygen atoms in total. The number of sulfonamides is 1. The van der Waals surface area contributed by atoms with Crippen LogP contribution in [0.5, 0.6) is 0 Å². The quantitative estimate of drug-likeness (QED) is 0.441. The summed E-state index contributed by atoms with van der Waals surface area (Å²) in [4.78, 5) is 41.3. The molecule has 37 heavy (non-hydrogen) atoms. The SMILES string of the molecule is CCCCN(C)S(=O)(=O)c1ccc(C(=O)Nc2sc3c(c2C(=O)NC(=O)NC)CCN(C(C)C)C3)cc1. The van der Waals surface area contributed by atoms with E-state index in [9.17, 15) is 22.8 Å². The van der Waals surface area contributed by atoms with E-state index < -0.39 is 27.9 Å². The molecule has 0 spiro atoms. The van der Waals surface area contributed by atoms with E-state index in [1.165, 1.54) is 54.0 Å². The van der Waals surface area contributed by atoms with Gasteiger partial charge < -0.3 is 10.6 Å². The van der Waals surface area contributed by atoms with Gasteiger partial charge in [0.05, 0.1) is 10.5 Å². The summed E-state index contributed by atoms with van der Waals surface area (Å²) in [5.74, 6) is -1.06. The number of unbranched alkanes of at least 4 members (excludes halogenated alkanes) is 1. The number of thiophene rings is 1. The average Bonchev–Trinajstić information content (AvgIpc) is 3.23. The van der Waals surface area contributed by atoms with Gasteiger partial charge in [0.15, 0.2) is 0 Å². The number of hydrogen-bond donors (Lipinski definition) is 3. The molecule has 1 aliphatic heterocycles. The van der Waals surface area contributed by atoms with Crippen LogP contribution in [-0.2, 0) is 23.0 Å². The van der Waals surface area contributed by atoms with Crippen LogP contribution in [0.3, 0.4) is 0 Å². The number of benzene rings is 1. The number of amides is 4. The molecular formula is C25H35N5O5S2. The summed E-state index contributed by atoms with van der Waals surface area (Å²) in [5.41, 5.74) is 1.37. The standard InChI is InChI=1S/C25H35N5O5S2/c1-6-7-13-29(5)37(34,35)18-10-8-17(9-11-18)22(31)27-24-21(23(32)28-25(33)26-4)19-12-14-30(16(2)3)15-20(19)36-24/h8-11,16H,6-7,12-15H2,1-5H3,(H,27,31)(H2,26,28,32,33).